The van der Waals surface area contributed by atoms with Gasteiger partial charge in [-0.15, -0.1) is 0 Å². The van der Waals surface area contributed by atoms with Crippen molar-refractivity contribution >= 4 is 0 Å². The number of benzene rings is 1. The Morgan fingerprint density at radius 3 is 2.42 bits per heavy atom. The van der Waals surface area contributed by atoms with Gasteiger partial charge in [0.25, 0.3) is 0 Å². The Balaban J connectivity index is 2.37. The van der Waals surface area contributed by atoms with Crippen LogP contribution in [-0.4, -0.2) is 29.7 Å². The molecule has 0 fully saturated rings. The second-order valence-corrected chi connectivity index (χ2v) is 5.51. The molecule has 1 aromatic carbocycles. The number of hydrogen-bond acceptors (Lipinski definition) is 4. The monoisotopic (exact) mass is 339 g/mol. The predicted octanol–water partition coefficient (Wildman–Crippen LogP) is 2.66. The number of nitrogens with zero attached hydrogens (tertiary/aromatic N) is 1. The van der Waals surface area contributed by atoms with E-state index < -0.39 is 18.0 Å². The van der Waals surface area contributed by atoms with Crippen molar-refractivity contribution in [3.8, 4) is 11.3 Å². The Labute approximate surface area is 138 Å². The Morgan fingerprint density at radius 1 is 1.17 bits per heavy atom. The number of nitrogens with one attached hydrogen (secondary N) is 1. The van der Waals surface area contributed by atoms with Gasteiger partial charge in [0, 0.05) is 30.8 Å². The molecule has 1 aromatic heterocycles. The normalized spacial score (nSPS) is 13.1. The number of rotatable bonds is 6. The summed E-state index contributed by atoms with van der Waals surface area (Å²) >= 11 is 0. The largest absolute Gasteiger partial charge is 0.433 e. The quantitative estimate of drug-likeness (QED) is 0.708. The third-order valence-corrected chi connectivity index (χ3v) is 3.56. The van der Waals surface area contributed by atoms with Crippen molar-refractivity contribution in [2.24, 2.45) is 5.73 Å². The summed E-state index contributed by atoms with van der Waals surface area (Å²) in [5.41, 5.74) is 5.81. The van der Waals surface area contributed by atoms with Crippen molar-refractivity contribution in [1.82, 2.24) is 10.3 Å². The molecule has 0 aliphatic carbocycles. The summed E-state index contributed by atoms with van der Waals surface area (Å²) in [5, 5.41) is 12.8. The van der Waals surface area contributed by atoms with Gasteiger partial charge in [-0.3, -0.25) is 0 Å². The Hall–Kier alpha value is -1.96. The molecule has 4 N–H and O–H groups in total. The maximum absolute atomic E-state index is 13.3. The van der Waals surface area contributed by atoms with Gasteiger partial charge in [-0.2, -0.15) is 13.2 Å². The van der Waals surface area contributed by atoms with E-state index in [1.165, 1.54) is 12.1 Å². The molecule has 4 nitrogen and oxygen atoms in total. The van der Waals surface area contributed by atoms with Gasteiger partial charge in [0.2, 0.25) is 0 Å². The van der Waals surface area contributed by atoms with E-state index in [2.05, 4.69) is 10.3 Å². The molecule has 0 saturated carbocycles. The first-order valence-electron chi connectivity index (χ1n) is 7.57. The fraction of sp³-hybridized carbons (Fsp3) is 0.353. The first-order valence-corrected chi connectivity index (χ1v) is 7.57. The van der Waals surface area contributed by atoms with Gasteiger partial charge < -0.3 is 16.2 Å². The van der Waals surface area contributed by atoms with Crippen LogP contribution in [0.15, 0.2) is 36.4 Å². The van der Waals surface area contributed by atoms with Gasteiger partial charge in [-0.05, 0) is 13.0 Å². The van der Waals surface area contributed by atoms with Crippen molar-refractivity contribution in [3.63, 3.8) is 0 Å². The fourth-order valence-corrected chi connectivity index (χ4v) is 2.30. The van der Waals surface area contributed by atoms with Crippen molar-refractivity contribution in [1.29, 1.82) is 0 Å². The molecule has 2 rings (SSSR count). The first-order chi connectivity index (χ1) is 11.3. The highest BCUT2D eigenvalue weighted by Gasteiger charge is 2.37. The van der Waals surface area contributed by atoms with Crippen LogP contribution < -0.4 is 11.1 Å². The topological polar surface area (TPSA) is 71.2 Å². The number of hydrogen-bond donors (Lipinski definition) is 3. The Morgan fingerprint density at radius 2 is 1.83 bits per heavy atom. The van der Waals surface area contributed by atoms with E-state index in [0.29, 0.717) is 18.7 Å². The van der Waals surface area contributed by atoms with E-state index in [1.807, 2.05) is 19.1 Å². The fourth-order valence-electron chi connectivity index (χ4n) is 2.30. The summed E-state index contributed by atoms with van der Waals surface area (Å²) in [7, 11) is 0. The molecular weight excluding hydrogens is 319 g/mol. The summed E-state index contributed by atoms with van der Waals surface area (Å²) < 4.78 is 40.0. The predicted molar refractivity (Wildman–Crippen MR) is 86.3 cm³/mol. The summed E-state index contributed by atoms with van der Waals surface area (Å²) in [5.74, 6) is 0. The van der Waals surface area contributed by atoms with Crippen molar-refractivity contribution in [2.45, 2.75) is 19.2 Å². The lowest BCUT2D eigenvalue weighted by atomic mass is 10.0. The molecule has 0 bridgehead atoms. The minimum atomic E-state index is -4.65. The number of pyridine rings is 1. The van der Waals surface area contributed by atoms with Crippen molar-refractivity contribution in [3.05, 3.63) is 53.2 Å². The molecule has 0 spiro atoms. The third kappa shape index (κ3) is 4.53. The molecule has 24 heavy (non-hydrogen) atoms. The second-order valence-electron chi connectivity index (χ2n) is 5.51. The maximum Gasteiger partial charge on any atom is 0.433 e. The lowest BCUT2D eigenvalue weighted by Crippen LogP contribution is -2.28. The molecular formula is C17H20F3N3O. The van der Waals surface area contributed by atoms with Crippen LogP contribution in [0.25, 0.3) is 11.3 Å². The van der Waals surface area contributed by atoms with Gasteiger partial charge in [0.1, 0.15) is 0 Å². The highest BCUT2D eigenvalue weighted by atomic mass is 19.4. The highest BCUT2D eigenvalue weighted by Crippen LogP contribution is 2.34. The Bertz CT molecular complexity index is 672. The molecule has 2 aromatic rings. The van der Waals surface area contributed by atoms with Crippen LogP contribution in [-0.2, 0) is 6.18 Å². The van der Waals surface area contributed by atoms with Crippen LogP contribution >= 0.6 is 0 Å². The molecule has 7 heteroatoms. The van der Waals surface area contributed by atoms with Gasteiger partial charge in [-0.25, -0.2) is 4.98 Å². The lowest BCUT2D eigenvalue weighted by molar-refractivity contribution is -0.142. The van der Waals surface area contributed by atoms with Gasteiger partial charge in [-0.1, -0.05) is 35.9 Å². The van der Waals surface area contributed by atoms with Crippen LogP contribution in [0, 0.1) is 6.92 Å². The molecule has 0 amide bonds. The third-order valence-electron chi connectivity index (χ3n) is 3.56. The molecule has 0 aliphatic rings. The summed E-state index contributed by atoms with van der Waals surface area (Å²) in [4.78, 5) is 3.76. The van der Waals surface area contributed by atoms with Gasteiger partial charge >= 0.3 is 6.18 Å². The molecule has 0 radical (unpaired) electrons. The zero-order valence-electron chi connectivity index (χ0n) is 13.3. The lowest BCUT2D eigenvalue weighted by Gasteiger charge is -2.18. The van der Waals surface area contributed by atoms with Crippen LogP contribution in [0.1, 0.15) is 22.9 Å². The number of aromatic nitrogens is 1. The standard InChI is InChI=1S/C17H20F3N3O/c1-11-2-4-12(5-3-11)14-7-6-13(15(24)10-22-9-8-21)16(23-14)17(18,19)20/h2-7,15,22,24H,8-10,21H2,1H3/t15-/m0/s1. The van der Waals surface area contributed by atoms with Crippen LogP contribution in [0.2, 0.25) is 0 Å². The molecule has 1 atom stereocenters. The smallest absolute Gasteiger partial charge is 0.387 e. The zero-order valence-corrected chi connectivity index (χ0v) is 13.3. The zero-order chi connectivity index (χ0) is 17.7. The van der Waals surface area contributed by atoms with Crippen LogP contribution in [0.5, 0.6) is 0 Å². The van der Waals surface area contributed by atoms with E-state index in [-0.39, 0.29) is 17.8 Å². The average molecular weight is 339 g/mol. The summed E-state index contributed by atoms with van der Waals surface area (Å²) in [6, 6.07) is 9.82. The van der Waals surface area contributed by atoms with E-state index in [9.17, 15) is 18.3 Å². The van der Waals surface area contributed by atoms with Gasteiger partial charge in [0.05, 0.1) is 11.8 Å². The highest BCUT2D eigenvalue weighted by molar-refractivity contribution is 5.60. The van der Waals surface area contributed by atoms with Crippen LogP contribution in [0.4, 0.5) is 13.2 Å². The number of aryl methyl sites for hydroxylation is 1. The van der Waals surface area contributed by atoms with E-state index in [1.54, 1.807) is 12.1 Å². The summed E-state index contributed by atoms with van der Waals surface area (Å²) in [6.45, 7) is 2.62. The molecule has 130 valence electrons. The number of halogens is 3. The average Bonchev–Trinajstić information content (AvgIpc) is 2.54. The van der Waals surface area contributed by atoms with Gasteiger partial charge in [0.15, 0.2) is 5.69 Å². The molecule has 0 saturated heterocycles. The molecule has 1 heterocycles. The number of aliphatic hydroxyl groups is 1. The van der Waals surface area contributed by atoms with E-state index in [0.717, 1.165) is 5.56 Å². The molecule has 0 aliphatic heterocycles. The Kier molecular flexibility index (Phi) is 5.93. The van der Waals surface area contributed by atoms with E-state index in [4.69, 9.17) is 5.73 Å². The van der Waals surface area contributed by atoms with Crippen molar-refractivity contribution < 1.29 is 18.3 Å². The number of nitrogens with two attached hydrogens (primary N) is 1. The molecule has 0 unspecified atom stereocenters. The summed E-state index contributed by atoms with van der Waals surface area (Å²) in [6.07, 6.45) is -5.96. The van der Waals surface area contributed by atoms with Crippen LogP contribution in [0.3, 0.4) is 0 Å². The minimum absolute atomic E-state index is 0.0220. The number of aliphatic hydroxyl groups excluding tert-OH is 1. The number of alkyl halides is 3. The maximum atomic E-state index is 13.3. The second kappa shape index (κ2) is 7.74. The minimum Gasteiger partial charge on any atom is -0.387 e. The SMILES string of the molecule is Cc1ccc(-c2ccc([C@@H](O)CNCCN)c(C(F)(F)F)n2)cc1. The van der Waals surface area contributed by atoms with Crippen molar-refractivity contribution in [2.75, 3.05) is 19.6 Å². The first kappa shape index (κ1) is 18.4. The van der Waals surface area contributed by atoms with E-state index >= 15 is 0 Å².